The van der Waals surface area contributed by atoms with Gasteiger partial charge in [0.15, 0.2) is 25.2 Å². The van der Waals surface area contributed by atoms with Crippen LogP contribution in [-0.2, 0) is 71.2 Å². The van der Waals surface area contributed by atoms with Gasteiger partial charge in [-0.2, -0.15) is 0 Å². The lowest BCUT2D eigenvalue weighted by atomic mass is 9.46. The van der Waals surface area contributed by atoms with Gasteiger partial charge in [0.25, 0.3) is 0 Å². The lowest BCUT2D eigenvalue weighted by molar-refractivity contribution is -0.347. The van der Waals surface area contributed by atoms with Gasteiger partial charge in [-0.15, -0.1) is 0 Å². The molecule has 416 valence electrons. The number of hydrogen-bond acceptors (Lipinski definition) is 17. The summed E-state index contributed by atoms with van der Waals surface area (Å²) in [7, 11) is 6.57. The van der Waals surface area contributed by atoms with E-state index in [9.17, 15) is 19.8 Å². The zero-order valence-electron chi connectivity index (χ0n) is 46.2. The quantitative estimate of drug-likeness (QED) is 0.118. The Labute approximate surface area is 434 Å². The number of hydrogen-bond donors (Lipinski definition) is 2. The highest BCUT2D eigenvalue weighted by Crippen LogP contribution is 2.67. The van der Waals surface area contributed by atoms with Crippen LogP contribution in [0.15, 0.2) is 22.8 Å². The number of ketones is 1. The maximum Gasteiger partial charge on any atom is 0.310 e. The molecule has 17 heteroatoms. The molecule has 4 aliphatic heterocycles. The maximum atomic E-state index is 13.5. The second-order valence-electron chi connectivity index (χ2n) is 23.7. The van der Waals surface area contributed by atoms with Crippen molar-refractivity contribution in [1.29, 1.82) is 0 Å². The number of ether oxygens (including phenoxy) is 13. The summed E-state index contributed by atoms with van der Waals surface area (Å²) in [5.74, 6) is -0.709. The Hall–Kier alpha value is -1.94. The largest absolute Gasteiger partial charge is 0.462 e. The molecule has 4 saturated heterocycles. The Morgan fingerprint density at radius 3 is 1.60 bits per heavy atom. The third-order valence-electron chi connectivity index (χ3n) is 19.2. The van der Waals surface area contributed by atoms with Crippen LogP contribution in [0.4, 0.5) is 0 Å². The molecule has 3 saturated carbocycles. The molecule has 24 atom stereocenters. The van der Waals surface area contributed by atoms with Gasteiger partial charge in [0.05, 0.1) is 67.0 Å². The van der Waals surface area contributed by atoms with Crippen molar-refractivity contribution < 1.29 is 81.4 Å². The van der Waals surface area contributed by atoms with Crippen LogP contribution in [0.1, 0.15) is 146 Å². The first kappa shape index (κ1) is 57.2. The molecule has 2 N–H and O–H groups in total. The molecule has 73 heavy (non-hydrogen) atoms. The topological polar surface area (TPSA) is 195 Å². The average Bonchev–Trinajstić information content (AvgIpc) is 3.72. The number of Topliss-reactive ketones (excluding diaryl/α,β-unsaturated/α-hetero) is 1. The van der Waals surface area contributed by atoms with Crippen molar-refractivity contribution in [1.82, 2.24) is 0 Å². The lowest BCUT2D eigenvalue weighted by Crippen LogP contribution is -2.64. The van der Waals surface area contributed by atoms with E-state index in [4.69, 9.17) is 61.6 Å². The highest BCUT2D eigenvalue weighted by molar-refractivity contribution is 5.83. The summed E-state index contributed by atoms with van der Waals surface area (Å²) in [5.41, 5.74) is 1.34. The molecule has 0 radical (unpaired) electrons. The number of rotatable bonds is 16. The van der Waals surface area contributed by atoms with Crippen LogP contribution in [0.3, 0.4) is 0 Å². The maximum absolute atomic E-state index is 13.5. The number of methoxy groups -OCH3 is 4. The molecule has 0 aromatic heterocycles. The Kier molecular flexibility index (Phi) is 18.2. The molecule has 4 aliphatic carbocycles. The zero-order valence-corrected chi connectivity index (χ0v) is 46.2. The number of allylic oxidation sites excluding steroid dienone is 1. The van der Waals surface area contributed by atoms with Crippen LogP contribution in [0.2, 0.25) is 0 Å². The van der Waals surface area contributed by atoms with E-state index in [1.165, 1.54) is 5.57 Å². The molecule has 8 aliphatic rings. The molecule has 0 aromatic rings. The van der Waals surface area contributed by atoms with E-state index >= 15 is 0 Å². The highest BCUT2D eigenvalue weighted by atomic mass is 16.8. The fourth-order valence-electron chi connectivity index (χ4n) is 14.5. The van der Waals surface area contributed by atoms with Crippen LogP contribution >= 0.6 is 0 Å². The molecule has 0 aromatic carbocycles. The summed E-state index contributed by atoms with van der Waals surface area (Å²) in [5, 5.41) is 23.4. The van der Waals surface area contributed by atoms with Gasteiger partial charge in [0.1, 0.15) is 36.3 Å². The Bertz CT molecular complexity index is 1980. The monoisotopic (exact) mass is 1030 g/mol. The molecule has 0 bridgehead atoms. The molecule has 0 amide bonds. The molecule has 1 unspecified atom stereocenters. The van der Waals surface area contributed by atoms with E-state index in [0.29, 0.717) is 51.4 Å². The summed E-state index contributed by atoms with van der Waals surface area (Å²) in [6, 6.07) is 0. The molecule has 4 heterocycles. The van der Waals surface area contributed by atoms with E-state index in [1.807, 2.05) is 48.5 Å². The fraction of sp³-hybridized carbons (Fsp3) is 0.893. The van der Waals surface area contributed by atoms with Gasteiger partial charge in [-0.1, -0.05) is 36.6 Å². The van der Waals surface area contributed by atoms with Gasteiger partial charge in [0, 0.05) is 71.4 Å². The van der Waals surface area contributed by atoms with Crippen LogP contribution < -0.4 is 0 Å². The standard InChI is InChI=1S/C56H90O17/c1-28(2)29(3)21-44(58)70-38-23-43-55(10)18-16-36(22-35(55)15-20-56(43,60)37-17-19-54(9,34(8)57)49(37)38)69-45-25-40(62-12)51(31(5)66-45)72-47-27-42(64-14)53(33(7)68-47)73-48-26-41(63-13)52(32(6)67-48)71-46-24-39(61-11)50(59)30(4)65-46/h15,30-33,36-43,45-53,59-60H,16-27H2,1-14H3/t30-,31+,32-,33-,36-,37+,38+,39+,40-,41-,42-,43+,45-,46-,47-,48-,49?,50-,51+,52+,53+,54-,55-,56+/m0/s1. The third-order valence-corrected chi connectivity index (χ3v) is 19.2. The second-order valence-corrected chi connectivity index (χ2v) is 23.7. The van der Waals surface area contributed by atoms with Crippen molar-refractivity contribution in [3.63, 3.8) is 0 Å². The second kappa shape index (κ2) is 23.2. The van der Waals surface area contributed by atoms with Gasteiger partial charge in [-0.3, -0.25) is 9.59 Å². The Balaban J connectivity index is 0.856. The van der Waals surface area contributed by atoms with Gasteiger partial charge < -0.3 is 71.8 Å². The van der Waals surface area contributed by atoms with Crippen molar-refractivity contribution in [2.75, 3.05) is 28.4 Å². The molecule has 0 spiro atoms. The normalized spacial score (nSPS) is 47.9. The zero-order chi connectivity index (χ0) is 52.9. The smallest absolute Gasteiger partial charge is 0.310 e. The predicted octanol–water partition coefficient (Wildman–Crippen LogP) is 7.04. The van der Waals surface area contributed by atoms with Gasteiger partial charge in [-0.25, -0.2) is 0 Å². The van der Waals surface area contributed by atoms with Crippen molar-refractivity contribution in [2.45, 2.75) is 263 Å². The van der Waals surface area contributed by atoms with E-state index in [1.54, 1.807) is 42.3 Å². The first-order valence-corrected chi connectivity index (χ1v) is 27.3. The minimum Gasteiger partial charge on any atom is -0.462 e. The van der Waals surface area contributed by atoms with Crippen LogP contribution in [0.25, 0.3) is 0 Å². The van der Waals surface area contributed by atoms with Crippen molar-refractivity contribution in [3.8, 4) is 0 Å². The van der Waals surface area contributed by atoms with E-state index < -0.39 is 91.1 Å². The van der Waals surface area contributed by atoms with Gasteiger partial charge in [-0.05, 0) is 112 Å². The summed E-state index contributed by atoms with van der Waals surface area (Å²) < 4.78 is 82.0. The van der Waals surface area contributed by atoms with E-state index in [-0.39, 0.29) is 71.9 Å². The summed E-state index contributed by atoms with van der Waals surface area (Å²) in [6.07, 6.45) is 0.633. The number of fused-ring (bicyclic) bond motifs is 5. The Morgan fingerprint density at radius 1 is 0.644 bits per heavy atom. The molecular weight excluding hydrogens is 945 g/mol. The summed E-state index contributed by atoms with van der Waals surface area (Å²) in [4.78, 5) is 26.9. The summed E-state index contributed by atoms with van der Waals surface area (Å²) in [6.45, 7) is 19.6. The lowest BCUT2D eigenvalue weighted by Gasteiger charge is -2.61. The third kappa shape index (κ3) is 11.5. The number of carbonyl (C=O) groups excluding carboxylic acids is 2. The molecular formula is C56H90O17. The van der Waals surface area contributed by atoms with Gasteiger partial charge in [0.2, 0.25) is 0 Å². The molecule has 7 fully saturated rings. The number of aliphatic hydroxyl groups excluding tert-OH is 1. The van der Waals surface area contributed by atoms with Crippen molar-refractivity contribution in [2.24, 2.45) is 28.6 Å². The van der Waals surface area contributed by atoms with E-state index in [0.717, 1.165) is 30.4 Å². The molecule has 17 nitrogen and oxygen atoms in total. The fourth-order valence-corrected chi connectivity index (χ4v) is 14.5. The van der Waals surface area contributed by atoms with Crippen LogP contribution in [0.5, 0.6) is 0 Å². The first-order valence-electron chi connectivity index (χ1n) is 27.3. The van der Waals surface area contributed by atoms with Crippen LogP contribution in [0, 0.1) is 28.6 Å². The Morgan fingerprint density at radius 2 is 1.12 bits per heavy atom. The SMILES string of the molecule is CO[C@H]1C[C@H](O[C@@H]2[C@H](C)O[C@@H](O[C@H]3[C@@H](OC)C[C@H](O[C@H]4CC[C@@]5(C)C(=CC[C@@]6(O)[C@@H]7CC[C@@](C)(C(C)=O)C7[C@H](OC(=O)CC(C)=C(C)C)C[C@@H]65)C4)O[C@@H]3C)C[C@@H]2OC)O[C@@H](C)[C@H]1O[C@H]1C[C@@H](OC)[C@@H](O)[C@H](C)O1. The minimum absolute atomic E-state index is 0.0958. The average molecular weight is 1040 g/mol. The predicted molar refractivity (Wildman–Crippen MR) is 266 cm³/mol. The van der Waals surface area contributed by atoms with Crippen molar-refractivity contribution >= 4 is 11.8 Å². The van der Waals surface area contributed by atoms with Crippen molar-refractivity contribution in [3.05, 3.63) is 22.8 Å². The number of esters is 1. The summed E-state index contributed by atoms with van der Waals surface area (Å²) >= 11 is 0. The van der Waals surface area contributed by atoms with Gasteiger partial charge >= 0.3 is 5.97 Å². The first-order chi connectivity index (χ1) is 34.6. The molecule has 8 rings (SSSR count). The minimum atomic E-state index is -1.01. The number of aliphatic hydroxyl groups is 2. The highest BCUT2D eigenvalue weighted by Gasteiger charge is 2.68. The van der Waals surface area contributed by atoms with Crippen LogP contribution in [-0.4, -0.2) is 167 Å². The number of carbonyl (C=O) groups is 2. The van der Waals surface area contributed by atoms with E-state index in [2.05, 4.69) is 13.0 Å².